The van der Waals surface area contributed by atoms with E-state index in [2.05, 4.69) is 19.9 Å². The summed E-state index contributed by atoms with van der Waals surface area (Å²) in [7, 11) is 2.83. The molecule has 312 valence electrons. The van der Waals surface area contributed by atoms with Gasteiger partial charge in [-0.1, -0.05) is 60.7 Å². The van der Waals surface area contributed by atoms with Crippen LogP contribution in [0.2, 0.25) is 0 Å². The first-order valence-corrected chi connectivity index (χ1v) is 20.2. The molecule has 15 nitrogen and oxygen atoms in total. The van der Waals surface area contributed by atoms with Gasteiger partial charge >= 0.3 is 12.2 Å². The molecular weight excluding hydrogens is 777 g/mol. The van der Waals surface area contributed by atoms with Gasteiger partial charge in [0.15, 0.2) is 0 Å². The summed E-state index contributed by atoms with van der Waals surface area (Å²) >= 11 is 0. The number of nitrogens with one attached hydrogen (secondary N) is 2. The van der Waals surface area contributed by atoms with Crippen LogP contribution >= 0.6 is 0 Å². The van der Waals surface area contributed by atoms with Gasteiger partial charge < -0.3 is 34.7 Å². The van der Waals surface area contributed by atoms with E-state index in [4.69, 9.17) is 4.74 Å². The van der Waals surface area contributed by atoms with Crippen LogP contribution in [0.25, 0.3) is 22.5 Å². The highest BCUT2D eigenvalue weighted by molar-refractivity contribution is 5.88. The van der Waals surface area contributed by atoms with Gasteiger partial charge in [-0.3, -0.25) is 19.4 Å². The van der Waals surface area contributed by atoms with Crippen molar-refractivity contribution in [1.82, 2.24) is 39.5 Å². The molecular formula is C46H46N8O7. The van der Waals surface area contributed by atoms with Gasteiger partial charge in [0.05, 0.1) is 35.9 Å². The molecule has 6 aromatic rings. The number of hydrogen-bond donors (Lipinski definition) is 4. The summed E-state index contributed by atoms with van der Waals surface area (Å²) in [4.78, 5) is 73.5. The van der Waals surface area contributed by atoms with Crippen LogP contribution in [-0.2, 0) is 9.59 Å². The van der Waals surface area contributed by atoms with Crippen molar-refractivity contribution in [2.24, 2.45) is 0 Å². The smallest absolute Gasteiger partial charge is 0.407 e. The van der Waals surface area contributed by atoms with Crippen molar-refractivity contribution in [2.45, 2.75) is 49.9 Å². The molecule has 2 saturated heterocycles. The van der Waals surface area contributed by atoms with Crippen LogP contribution in [-0.4, -0.2) is 101 Å². The number of imidazole rings is 2. The van der Waals surface area contributed by atoms with Gasteiger partial charge in [0.2, 0.25) is 0 Å². The number of H-pyrrole nitrogens is 2. The lowest BCUT2D eigenvalue weighted by Gasteiger charge is -2.32. The molecule has 2 aliphatic rings. The van der Waals surface area contributed by atoms with Crippen molar-refractivity contribution in [3.05, 3.63) is 144 Å². The first kappa shape index (κ1) is 40.4. The average Bonchev–Trinajstić information content (AvgIpc) is 4.12. The topological polar surface area (TPSA) is 188 Å². The SMILES string of the molecule is CN(C(=O)O)[C@@H](C(=O)N1CCC[C@H]1c1ncc(-c2ccc(Oc3ccc(-c4cnc([C@@H]5CCCN5C(=O)[C@@H](c5ccccc5)N(C)C(=O)O)[nH]4)cc3)cc2)[nH]1)c1ccccc1. The van der Waals surface area contributed by atoms with E-state index in [9.17, 15) is 29.4 Å². The van der Waals surface area contributed by atoms with E-state index in [1.807, 2.05) is 60.7 Å². The Labute approximate surface area is 352 Å². The van der Waals surface area contributed by atoms with Crippen molar-refractivity contribution < 1.29 is 34.1 Å². The second-order valence-corrected chi connectivity index (χ2v) is 15.3. The monoisotopic (exact) mass is 822 g/mol. The van der Waals surface area contributed by atoms with E-state index in [0.717, 1.165) is 45.2 Å². The predicted molar refractivity (Wildman–Crippen MR) is 225 cm³/mol. The second-order valence-electron chi connectivity index (χ2n) is 15.3. The normalized spacial score (nSPS) is 17.1. The number of likely N-dealkylation sites (tertiary alicyclic amines) is 2. The number of carbonyl (C=O) groups is 4. The van der Waals surface area contributed by atoms with Crippen LogP contribution in [0.15, 0.2) is 122 Å². The van der Waals surface area contributed by atoms with E-state index >= 15 is 0 Å². The third-order valence-electron chi connectivity index (χ3n) is 11.5. The molecule has 4 aromatic carbocycles. The van der Waals surface area contributed by atoms with Crippen molar-refractivity contribution in [3.8, 4) is 34.0 Å². The molecule has 0 aliphatic carbocycles. The quantitative estimate of drug-likeness (QED) is 0.0942. The summed E-state index contributed by atoms with van der Waals surface area (Å²) in [6.07, 6.45) is 4.07. The first-order chi connectivity index (χ1) is 29.6. The number of amides is 4. The largest absolute Gasteiger partial charge is 0.465 e. The number of aromatic amines is 2. The lowest BCUT2D eigenvalue weighted by Crippen LogP contribution is -2.43. The van der Waals surface area contributed by atoms with Gasteiger partial charge in [0.25, 0.3) is 11.8 Å². The number of hydrogen-bond acceptors (Lipinski definition) is 7. The fourth-order valence-electron chi connectivity index (χ4n) is 8.35. The summed E-state index contributed by atoms with van der Waals surface area (Å²) in [5.74, 6) is 1.98. The summed E-state index contributed by atoms with van der Waals surface area (Å²) in [5.41, 5.74) is 4.54. The lowest BCUT2D eigenvalue weighted by molar-refractivity contribution is -0.138. The van der Waals surface area contributed by atoms with Gasteiger partial charge in [-0.25, -0.2) is 19.6 Å². The summed E-state index contributed by atoms with van der Waals surface area (Å²) in [5, 5.41) is 19.6. The van der Waals surface area contributed by atoms with E-state index in [1.54, 1.807) is 70.7 Å². The predicted octanol–water partition coefficient (Wildman–Crippen LogP) is 8.29. The molecule has 61 heavy (non-hydrogen) atoms. The van der Waals surface area contributed by atoms with Crippen LogP contribution in [0.5, 0.6) is 11.5 Å². The fourth-order valence-corrected chi connectivity index (χ4v) is 8.35. The number of likely N-dealkylation sites (N-methyl/N-ethyl adjacent to an activating group) is 2. The number of ether oxygens (including phenoxy) is 1. The second kappa shape index (κ2) is 17.4. The fraction of sp³-hybridized carbons (Fsp3) is 0.261. The number of carbonyl (C=O) groups excluding carboxylic acids is 2. The van der Waals surface area contributed by atoms with Crippen LogP contribution in [0.4, 0.5) is 9.59 Å². The first-order valence-electron chi connectivity index (χ1n) is 20.2. The zero-order valence-corrected chi connectivity index (χ0v) is 33.7. The number of benzene rings is 4. The maximum atomic E-state index is 13.9. The van der Waals surface area contributed by atoms with Gasteiger partial charge in [0, 0.05) is 27.2 Å². The Balaban J connectivity index is 0.907. The standard InChI is InChI=1S/C46H46N8O7/c1-51(45(57)58)39(31-11-5-3-6-12-31)43(55)53-25-9-15-37(53)41-47-27-35(49-41)29-17-21-33(22-18-29)61-34-23-19-30(20-24-34)36-28-48-42(50-36)38-16-10-26-54(38)44(56)40(52(2)46(59)60)32-13-7-4-8-14-32/h3-8,11-14,17-24,27-28,37-40H,9-10,15-16,25-26H2,1-2H3,(H,47,49)(H,48,50)(H,57,58)(H,59,60)/t37-,38-,39+,40+/m0/s1. The third kappa shape index (κ3) is 8.40. The van der Waals surface area contributed by atoms with Gasteiger partial charge in [0.1, 0.15) is 35.2 Å². The van der Waals surface area contributed by atoms with Crippen LogP contribution in [0, 0.1) is 0 Å². The van der Waals surface area contributed by atoms with E-state index in [-0.39, 0.29) is 23.9 Å². The molecule has 8 rings (SSSR count). The van der Waals surface area contributed by atoms with Gasteiger partial charge in [-0.2, -0.15) is 0 Å². The Bertz CT molecular complexity index is 2320. The highest BCUT2D eigenvalue weighted by Gasteiger charge is 2.40. The Morgan fingerprint density at radius 1 is 0.607 bits per heavy atom. The summed E-state index contributed by atoms with van der Waals surface area (Å²) in [6.45, 7) is 0.999. The molecule has 0 saturated carbocycles. The minimum absolute atomic E-state index is 0.286. The van der Waals surface area contributed by atoms with Crippen molar-refractivity contribution >= 4 is 24.0 Å². The van der Waals surface area contributed by atoms with Gasteiger partial charge in [-0.15, -0.1) is 0 Å². The number of aromatic nitrogens is 4. The third-order valence-corrected chi connectivity index (χ3v) is 11.5. The Morgan fingerprint density at radius 2 is 0.984 bits per heavy atom. The molecule has 4 heterocycles. The maximum absolute atomic E-state index is 13.9. The molecule has 4 amide bonds. The molecule has 0 spiro atoms. The molecule has 2 fully saturated rings. The summed E-state index contributed by atoms with van der Waals surface area (Å²) in [6, 6.07) is 30.5. The Kier molecular flexibility index (Phi) is 11.5. The van der Waals surface area contributed by atoms with Crippen LogP contribution < -0.4 is 4.74 Å². The minimum Gasteiger partial charge on any atom is -0.465 e. The zero-order valence-electron chi connectivity index (χ0n) is 33.7. The lowest BCUT2D eigenvalue weighted by atomic mass is 10.0. The molecule has 15 heteroatoms. The van der Waals surface area contributed by atoms with Gasteiger partial charge in [-0.05, 0) is 96.5 Å². The molecule has 2 aliphatic heterocycles. The molecule has 4 atom stereocenters. The van der Waals surface area contributed by atoms with Crippen molar-refractivity contribution in [3.63, 3.8) is 0 Å². The highest BCUT2D eigenvalue weighted by atomic mass is 16.5. The highest BCUT2D eigenvalue weighted by Crippen LogP contribution is 2.37. The van der Waals surface area contributed by atoms with E-state index < -0.39 is 24.3 Å². The van der Waals surface area contributed by atoms with Crippen molar-refractivity contribution in [1.29, 1.82) is 0 Å². The van der Waals surface area contributed by atoms with Crippen LogP contribution in [0.1, 0.15) is 72.6 Å². The van der Waals surface area contributed by atoms with E-state index in [0.29, 0.717) is 60.2 Å². The average molecular weight is 823 g/mol. The Hall–Kier alpha value is -7.42. The molecule has 0 bridgehead atoms. The molecule has 0 unspecified atom stereocenters. The maximum Gasteiger partial charge on any atom is 0.407 e. The minimum atomic E-state index is -1.18. The number of carboxylic acid groups (broad SMARTS) is 2. The molecule has 0 radical (unpaired) electrons. The summed E-state index contributed by atoms with van der Waals surface area (Å²) < 4.78 is 6.17. The molecule has 4 N–H and O–H groups in total. The number of nitrogens with zero attached hydrogens (tertiary/aromatic N) is 6. The van der Waals surface area contributed by atoms with Crippen molar-refractivity contribution in [2.75, 3.05) is 27.2 Å². The number of rotatable bonds is 12. The van der Waals surface area contributed by atoms with E-state index in [1.165, 1.54) is 14.1 Å². The van der Waals surface area contributed by atoms with Crippen LogP contribution in [0.3, 0.4) is 0 Å². The Morgan fingerprint density at radius 3 is 1.34 bits per heavy atom. The molecule has 2 aromatic heterocycles. The zero-order chi connectivity index (χ0) is 42.6.